The van der Waals surface area contributed by atoms with Gasteiger partial charge in [0.25, 0.3) is 5.91 Å². The topological polar surface area (TPSA) is 55.1 Å². The quantitative estimate of drug-likeness (QED) is 0.758. The van der Waals surface area contributed by atoms with E-state index in [1.807, 2.05) is 30.3 Å². The zero-order valence-electron chi connectivity index (χ0n) is 12.6. The minimum absolute atomic E-state index is 0.0836. The van der Waals surface area contributed by atoms with Gasteiger partial charge in [0, 0.05) is 18.5 Å². The second-order valence-electron chi connectivity index (χ2n) is 5.14. The molecule has 0 fully saturated rings. The normalized spacial score (nSPS) is 10.6. The molecular weight excluding hydrogens is 331 g/mol. The summed E-state index contributed by atoms with van der Waals surface area (Å²) in [6, 6.07) is 13.2. The van der Waals surface area contributed by atoms with Crippen molar-refractivity contribution >= 4 is 17.5 Å². The van der Waals surface area contributed by atoms with Crippen LogP contribution in [0.25, 0.3) is 11.5 Å². The van der Waals surface area contributed by atoms with Crippen molar-refractivity contribution in [3.8, 4) is 11.5 Å². The first-order valence-electron chi connectivity index (χ1n) is 7.36. The fourth-order valence-corrected chi connectivity index (χ4v) is 2.46. The monoisotopic (exact) mass is 344 g/mol. The summed E-state index contributed by atoms with van der Waals surface area (Å²) in [7, 11) is 0. The fourth-order valence-electron chi connectivity index (χ4n) is 2.21. The first-order chi connectivity index (χ1) is 11.6. The lowest BCUT2D eigenvalue weighted by Gasteiger charge is -2.05. The number of carbonyl (C=O) groups excluding carboxylic acids is 1. The highest BCUT2D eigenvalue weighted by molar-refractivity contribution is 6.33. The largest absolute Gasteiger partial charge is 0.444 e. The summed E-state index contributed by atoms with van der Waals surface area (Å²) in [4.78, 5) is 16.4. The van der Waals surface area contributed by atoms with E-state index in [0.717, 1.165) is 17.3 Å². The molecule has 1 heterocycles. The molecule has 0 saturated heterocycles. The number of rotatable bonds is 5. The van der Waals surface area contributed by atoms with Crippen LogP contribution >= 0.6 is 11.6 Å². The molecule has 0 spiro atoms. The van der Waals surface area contributed by atoms with E-state index in [-0.39, 0.29) is 16.5 Å². The van der Waals surface area contributed by atoms with E-state index in [2.05, 4.69) is 10.3 Å². The molecule has 24 heavy (non-hydrogen) atoms. The number of benzene rings is 2. The zero-order valence-corrected chi connectivity index (χ0v) is 13.4. The average Bonchev–Trinajstić information content (AvgIpc) is 3.04. The maximum atomic E-state index is 13.0. The highest BCUT2D eigenvalue weighted by Gasteiger charge is 2.11. The van der Waals surface area contributed by atoms with Crippen LogP contribution in [0.4, 0.5) is 4.39 Å². The van der Waals surface area contributed by atoms with Gasteiger partial charge < -0.3 is 9.73 Å². The summed E-state index contributed by atoms with van der Waals surface area (Å²) in [5.41, 5.74) is 1.87. The molecule has 0 aliphatic rings. The summed E-state index contributed by atoms with van der Waals surface area (Å²) >= 11 is 5.86. The molecule has 6 heteroatoms. The molecule has 0 saturated carbocycles. The minimum Gasteiger partial charge on any atom is -0.444 e. The Morgan fingerprint density at radius 3 is 2.75 bits per heavy atom. The first-order valence-corrected chi connectivity index (χ1v) is 7.74. The van der Waals surface area contributed by atoms with Crippen LogP contribution in [-0.4, -0.2) is 17.4 Å². The second-order valence-corrected chi connectivity index (χ2v) is 5.55. The van der Waals surface area contributed by atoms with E-state index < -0.39 is 5.82 Å². The van der Waals surface area contributed by atoms with Gasteiger partial charge in [-0.1, -0.05) is 29.8 Å². The maximum absolute atomic E-state index is 13.0. The van der Waals surface area contributed by atoms with Crippen LogP contribution in [0.15, 0.2) is 59.2 Å². The van der Waals surface area contributed by atoms with Crippen molar-refractivity contribution < 1.29 is 13.6 Å². The molecule has 122 valence electrons. The van der Waals surface area contributed by atoms with Crippen molar-refractivity contribution in [1.82, 2.24) is 10.3 Å². The van der Waals surface area contributed by atoms with Crippen molar-refractivity contribution in [3.05, 3.63) is 76.9 Å². The van der Waals surface area contributed by atoms with Crippen LogP contribution in [0, 0.1) is 5.82 Å². The summed E-state index contributed by atoms with van der Waals surface area (Å²) in [5, 5.41) is 2.81. The lowest BCUT2D eigenvalue weighted by molar-refractivity contribution is 0.0954. The van der Waals surface area contributed by atoms with E-state index in [4.69, 9.17) is 16.0 Å². The first kappa shape index (κ1) is 16.2. The Hall–Kier alpha value is -2.66. The smallest absolute Gasteiger partial charge is 0.252 e. The lowest BCUT2D eigenvalue weighted by atomic mass is 10.2. The third-order valence-electron chi connectivity index (χ3n) is 3.41. The van der Waals surface area contributed by atoms with Crippen molar-refractivity contribution in [2.45, 2.75) is 6.42 Å². The number of nitrogens with zero attached hydrogens (tertiary/aromatic N) is 1. The molecule has 0 atom stereocenters. The standard InChI is InChI=1S/C18H14ClFN2O2/c19-16-10-13(20)6-7-15(16)17(23)21-9-8-14-11-24-18(22-14)12-4-2-1-3-5-12/h1-7,10-11H,8-9H2,(H,21,23). The predicted octanol–water partition coefficient (Wildman–Crippen LogP) is 4.11. The fraction of sp³-hybridized carbons (Fsp3) is 0.111. The third-order valence-corrected chi connectivity index (χ3v) is 3.73. The summed E-state index contributed by atoms with van der Waals surface area (Å²) in [6.07, 6.45) is 2.08. The molecule has 3 rings (SSSR count). The predicted molar refractivity (Wildman–Crippen MR) is 89.4 cm³/mol. The van der Waals surface area contributed by atoms with E-state index in [1.54, 1.807) is 6.26 Å². The average molecular weight is 345 g/mol. The highest BCUT2D eigenvalue weighted by atomic mass is 35.5. The second kappa shape index (κ2) is 7.27. The number of halogens is 2. The molecule has 1 aromatic heterocycles. The Balaban J connectivity index is 1.57. The molecule has 0 aliphatic heterocycles. The molecular formula is C18H14ClFN2O2. The number of carbonyl (C=O) groups is 1. The van der Waals surface area contributed by atoms with Gasteiger partial charge in [-0.25, -0.2) is 9.37 Å². The lowest BCUT2D eigenvalue weighted by Crippen LogP contribution is -2.26. The SMILES string of the molecule is O=C(NCCc1coc(-c2ccccc2)n1)c1ccc(F)cc1Cl. The Morgan fingerprint density at radius 2 is 2.00 bits per heavy atom. The van der Waals surface area contributed by atoms with Gasteiger partial charge in [0.2, 0.25) is 5.89 Å². The van der Waals surface area contributed by atoms with Crippen molar-refractivity contribution in [2.24, 2.45) is 0 Å². The Kier molecular flexibility index (Phi) is 4.91. The van der Waals surface area contributed by atoms with Crippen LogP contribution in [0.3, 0.4) is 0 Å². The van der Waals surface area contributed by atoms with E-state index in [0.29, 0.717) is 18.9 Å². The molecule has 2 aromatic carbocycles. The Morgan fingerprint density at radius 1 is 1.21 bits per heavy atom. The summed E-state index contributed by atoms with van der Waals surface area (Å²) in [6.45, 7) is 0.368. The van der Waals surface area contributed by atoms with Gasteiger partial charge in [-0.2, -0.15) is 0 Å². The van der Waals surface area contributed by atoms with Gasteiger partial charge in [0.15, 0.2) is 0 Å². The van der Waals surface area contributed by atoms with Crippen LogP contribution in [0.1, 0.15) is 16.1 Å². The Labute approximate surface area is 143 Å². The number of oxazole rings is 1. The molecule has 4 nitrogen and oxygen atoms in total. The van der Waals surface area contributed by atoms with Gasteiger partial charge in [-0.15, -0.1) is 0 Å². The van der Waals surface area contributed by atoms with Crippen LogP contribution in [-0.2, 0) is 6.42 Å². The highest BCUT2D eigenvalue weighted by Crippen LogP contribution is 2.18. The van der Waals surface area contributed by atoms with Crippen LogP contribution < -0.4 is 5.32 Å². The number of hydrogen-bond acceptors (Lipinski definition) is 3. The molecule has 0 unspecified atom stereocenters. The van der Waals surface area contributed by atoms with Gasteiger partial charge in [0.1, 0.15) is 12.1 Å². The van der Waals surface area contributed by atoms with Gasteiger partial charge in [-0.3, -0.25) is 4.79 Å². The van der Waals surface area contributed by atoms with Crippen molar-refractivity contribution in [1.29, 1.82) is 0 Å². The molecule has 1 N–H and O–H groups in total. The van der Waals surface area contributed by atoms with Gasteiger partial charge in [0.05, 0.1) is 16.3 Å². The molecule has 0 radical (unpaired) electrons. The Bertz CT molecular complexity index is 849. The van der Waals surface area contributed by atoms with Crippen molar-refractivity contribution in [3.63, 3.8) is 0 Å². The number of nitrogens with one attached hydrogen (secondary N) is 1. The van der Waals surface area contributed by atoms with E-state index in [1.165, 1.54) is 12.1 Å². The van der Waals surface area contributed by atoms with E-state index in [9.17, 15) is 9.18 Å². The van der Waals surface area contributed by atoms with Crippen LogP contribution in [0.5, 0.6) is 0 Å². The molecule has 0 aliphatic carbocycles. The number of amides is 1. The number of hydrogen-bond donors (Lipinski definition) is 1. The third kappa shape index (κ3) is 3.81. The summed E-state index contributed by atoms with van der Waals surface area (Å²) in [5.74, 6) is -0.294. The summed E-state index contributed by atoms with van der Waals surface area (Å²) < 4.78 is 18.4. The zero-order chi connectivity index (χ0) is 16.9. The van der Waals surface area contributed by atoms with E-state index >= 15 is 0 Å². The molecule has 3 aromatic rings. The molecule has 0 bridgehead atoms. The maximum Gasteiger partial charge on any atom is 0.252 e. The minimum atomic E-state index is -0.479. The van der Waals surface area contributed by atoms with Gasteiger partial charge in [-0.05, 0) is 30.3 Å². The van der Waals surface area contributed by atoms with Gasteiger partial charge >= 0.3 is 0 Å². The number of aromatic nitrogens is 1. The van der Waals surface area contributed by atoms with Crippen LogP contribution in [0.2, 0.25) is 5.02 Å². The molecule has 1 amide bonds. The van der Waals surface area contributed by atoms with Crippen molar-refractivity contribution in [2.75, 3.05) is 6.54 Å².